The summed E-state index contributed by atoms with van der Waals surface area (Å²) in [6, 6.07) is 43.1. The predicted octanol–water partition coefficient (Wildman–Crippen LogP) is 9.58. The fourth-order valence-corrected chi connectivity index (χ4v) is 6.24. The average molecular weight is 509 g/mol. The maximum Gasteiger partial charge on any atom is 0.0705 e. The van der Waals surface area contributed by atoms with Gasteiger partial charge in [0, 0.05) is 16.5 Å². The van der Waals surface area contributed by atoms with Gasteiger partial charge in [0.15, 0.2) is 0 Å². The Bertz CT molecular complexity index is 1520. The van der Waals surface area contributed by atoms with Gasteiger partial charge in [-0.15, -0.1) is 0 Å². The number of nitrogens with zero attached hydrogens (tertiary/aromatic N) is 2. The van der Waals surface area contributed by atoms with Crippen molar-refractivity contribution in [3.63, 3.8) is 0 Å². The molecule has 0 saturated heterocycles. The summed E-state index contributed by atoms with van der Waals surface area (Å²) in [7, 11) is 0. The molecule has 0 aliphatic heterocycles. The van der Waals surface area contributed by atoms with E-state index in [0.29, 0.717) is 11.8 Å². The number of rotatable bonds is 6. The number of pyridine rings is 2. The Kier molecular flexibility index (Phi) is 7.11. The highest BCUT2D eigenvalue weighted by molar-refractivity contribution is 5.62. The van der Waals surface area contributed by atoms with Crippen LogP contribution in [0.15, 0.2) is 121 Å². The molecule has 2 aromatic heterocycles. The second-order valence-corrected chi connectivity index (χ2v) is 11.4. The van der Waals surface area contributed by atoms with Gasteiger partial charge in [-0.05, 0) is 74.3 Å². The van der Waals surface area contributed by atoms with E-state index in [9.17, 15) is 0 Å². The molecule has 0 bridgehead atoms. The third-order valence-electron chi connectivity index (χ3n) is 8.43. The largest absolute Gasteiger partial charge is 0.252 e. The van der Waals surface area contributed by atoms with E-state index in [-0.39, 0.29) is 5.41 Å². The normalized spacial score (nSPS) is 17.6. The molecule has 2 nitrogen and oxygen atoms in total. The lowest BCUT2D eigenvalue weighted by Crippen LogP contribution is -2.26. The van der Waals surface area contributed by atoms with Crippen LogP contribution < -0.4 is 0 Å². The Morgan fingerprint density at radius 3 is 1.82 bits per heavy atom. The van der Waals surface area contributed by atoms with Gasteiger partial charge in [0.25, 0.3) is 0 Å². The van der Waals surface area contributed by atoms with Crippen LogP contribution in [0.2, 0.25) is 0 Å². The zero-order valence-corrected chi connectivity index (χ0v) is 22.9. The van der Waals surface area contributed by atoms with Gasteiger partial charge in [-0.2, -0.15) is 0 Å². The molecule has 1 aliphatic rings. The van der Waals surface area contributed by atoms with Crippen LogP contribution in [0, 0.1) is 0 Å². The maximum absolute atomic E-state index is 5.43. The topological polar surface area (TPSA) is 25.8 Å². The predicted molar refractivity (Wildman–Crippen MR) is 162 cm³/mol. The first-order valence-corrected chi connectivity index (χ1v) is 14.2. The van der Waals surface area contributed by atoms with Crippen molar-refractivity contribution < 1.29 is 0 Å². The Hall–Kier alpha value is -4.04. The molecule has 194 valence electrons. The lowest BCUT2D eigenvalue weighted by molar-refractivity contribution is 0.388. The van der Waals surface area contributed by atoms with Gasteiger partial charge in [0.1, 0.15) is 0 Å². The molecule has 2 atom stereocenters. The smallest absolute Gasteiger partial charge is 0.0705 e. The van der Waals surface area contributed by atoms with Crippen molar-refractivity contribution in [3.8, 4) is 22.5 Å². The second-order valence-electron chi connectivity index (χ2n) is 11.4. The Balaban J connectivity index is 1.44. The third-order valence-corrected chi connectivity index (χ3v) is 8.43. The molecule has 3 aromatic carbocycles. The van der Waals surface area contributed by atoms with Crippen molar-refractivity contribution >= 4 is 0 Å². The number of hydrogen-bond acceptors (Lipinski definition) is 2. The van der Waals surface area contributed by atoms with Crippen LogP contribution in [0.1, 0.15) is 73.9 Å². The monoisotopic (exact) mass is 508 g/mol. The van der Waals surface area contributed by atoms with Gasteiger partial charge in [0.2, 0.25) is 0 Å². The van der Waals surface area contributed by atoms with E-state index in [4.69, 9.17) is 9.97 Å². The molecule has 2 heterocycles. The summed E-state index contributed by atoms with van der Waals surface area (Å²) in [6.45, 7) is 4.59. The van der Waals surface area contributed by atoms with Crippen molar-refractivity contribution in [2.75, 3.05) is 0 Å². The Labute approximate surface area is 232 Å². The summed E-state index contributed by atoms with van der Waals surface area (Å²) in [5.41, 5.74) is 9.02. The molecular formula is C37H36N2. The molecule has 0 spiro atoms. The maximum atomic E-state index is 5.43. The summed E-state index contributed by atoms with van der Waals surface area (Å²) >= 11 is 0. The molecule has 1 saturated carbocycles. The SMILES string of the molecule is CC(C)(c1cccc(-c2ccccc2)n1)c1nc(-c2ccccc2)ccc1C1CCCC(c2ccccc2)C1. The fraction of sp³-hybridized carbons (Fsp3) is 0.243. The molecule has 0 radical (unpaired) electrons. The van der Waals surface area contributed by atoms with Crippen LogP contribution >= 0.6 is 0 Å². The van der Waals surface area contributed by atoms with Crippen molar-refractivity contribution in [3.05, 3.63) is 144 Å². The van der Waals surface area contributed by atoms with E-state index in [2.05, 4.69) is 135 Å². The van der Waals surface area contributed by atoms with Crippen molar-refractivity contribution in [1.82, 2.24) is 9.97 Å². The number of aromatic nitrogens is 2. The van der Waals surface area contributed by atoms with Crippen molar-refractivity contribution in [1.29, 1.82) is 0 Å². The Morgan fingerprint density at radius 1 is 0.564 bits per heavy atom. The summed E-state index contributed by atoms with van der Waals surface area (Å²) in [6.07, 6.45) is 4.87. The minimum Gasteiger partial charge on any atom is -0.252 e. The quantitative estimate of drug-likeness (QED) is 0.228. The van der Waals surface area contributed by atoms with E-state index in [1.807, 2.05) is 0 Å². The summed E-state index contributed by atoms with van der Waals surface area (Å²) in [4.78, 5) is 10.6. The van der Waals surface area contributed by atoms with E-state index in [1.54, 1.807) is 0 Å². The summed E-state index contributed by atoms with van der Waals surface area (Å²) < 4.78 is 0. The van der Waals surface area contributed by atoms with Crippen molar-refractivity contribution in [2.45, 2.75) is 56.8 Å². The number of hydrogen-bond donors (Lipinski definition) is 0. The van der Waals surface area contributed by atoms with Gasteiger partial charge >= 0.3 is 0 Å². The lowest BCUT2D eigenvalue weighted by atomic mass is 9.72. The minimum absolute atomic E-state index is 0.357. The number of benzene rings is 3. The third kappa shape index (κ3) is 5.29. The van der Waals surface area contributed by atoms with Gasteiger partial charge in [-0.3, -0.25) is 9.97 Å². The lowest BCUT2D eigenvalue weighted by Gasteiger charge is -2.34. The fourth-order valence-electron chi connectivity index (χ4n) is 6.24. The van der Waals surface area contributed by atoms with Gasteiger partial charge < -0.3 is 0 Å². The zero-order valence-electron chi connectivity index (χ0n) is 22.9. The highest BCUT2D eigenvalue weighted by atomic mass is 14.8. The van der Waals surface area contributed by atoms with Gasteiger partial charge in [-0.25, -0.2) is 0 Å². The van der Waals surface area contributed by atoms with Crippen LogP contribution in [-0.2, 0) is 5.41 Å². The molecule has 2 heteroatoms. The summed E-state index contributed by atoms with van der Waals surface area (Å²) in [5, 5.41) is 0. The van der Waals surface area contributed by atoms with Crippen LogP contribution in [0.4, 0.5) is 0 Å². The van der Waals surface area contributed by atoms with Gasteiger partial charge in [0.05, 0.1) is 22.8 Å². The highest BCUT2D eigenvalue weighted by Gasteiger charge is 2.34. The van der Waals surface area contributed by atoms with E-state index in [0.717, 1.165) is 40.3 Å². The molecule has 2 unspecified atom stereocenters. The molecule has 0 amide bonds. The molecule has 5 aromatic rings. The van der Waals surface area contributed by atoms with Crippen LogP contribution in [0.5, 0.6) is 0 Å². The second kappa shape index (κ2) is 11.0. The van der Waals surface area contributed by atoms with Crippen LogP contribution in [0.25, 0.3) is 22.5 Å². The Morgan fingerprint density at radius 2 is 1.15 bits per heavy atom. The first-order valence-electron chi connectivity index (χ1n) is 14.2. The highest BCUT2D eigenvalue weighted by Crippen LogP contribution is 2.45. The standard InChI is InChI=1S/C37H36N2/c1-37(2,35-23-13-22-33(38-35)28-16-8-4-9-17-28)36-32(24-25-34(39-36)29-18-10-5-11-19-29)31-21-12-20-30(26-31)27-14-6-3-7-15-27/h3-11,13-19,22-25,30-31H,12,20-21,26H2,1-2H3. The van der Waals surface area contributed by atoms with Crippen molar-refractivity contribution in [2.24, 2.45) is 0 Å². The molecule has 39 heavy (non-hydrogen) atoms. The van der Waals surface area contributed by atoms with Crippen LogP contribution in [-0.4, -0.2) is 9.97 Å². The average Bonchev–Trinajstić information content (AvgIpc) is 3.02. The van der Waals surface area contributed by atoms with E-state index in [1.165, 1.54) is 30.4 Å². The molecule has 6 rings (SSSR count). The zero-order chi connectivity index (χ0) is 26.7. The van der Waals surface area contributed by atoms with E-state index < -0.39 is 0 Å². The first-order chi connectivity index (χ1) is 19.1. The molecule has 1 aliphatic carbocycles. The summed E-state index contributed by atoms with van der Waals surface area (Å²) in [5.74, 6) is 1.07. The molecular weight excluding hydrogens is 472 g/mol. The van der Waals surface area contributed by atoms with E-state index >= 15 is 0 Å². The molecule has 1 fully saturated rings. The van der Waals surface area contributed by atoms with Gasteiger partial charge in [-0.1, -0.05) is 110 Å². The molecule has 0 N–H and O–H groups in total. The minimum atomic E-state index is -0.357. The first kappa shape index (κ1) is 25.2. The van der Waals surface area contributed by atoms with Crippen LogP contribution in [0.3, 0.4) is 0 Å².